The number of carbonyl (C=O) groups is 2. The fourth-order valence-electron chi connectivity index (χ4n) is 3.31. The van der Waals surface area contributed by atoms with E-state index in [1.54, 1.807) is 12.1 Å². The highest BCUT2D eigenvalue weighted by Crippen LogP contribution is 2.22. The van der Waals surface area contributed by atoms with Gasteiger partial charge in [0.25, 0.3) is 5.56 Å². The van der Waals surface area contributed by atoms with Gasteiger partial charge in [-0.15, -0.1) is 0 Å². The van der Waals surface area contributed by atoms with Crippen molar-refractivity contribution in [3.05, 3.63) is 69.0 Å². The molecule has 0 saturated carbocycles. The Morgan fingerprint density at radius 1 is 1.18 bits per heavy atom. The summed E-state index contributed by atoms with van der Waals surface area (Å²) in [5.74, 6) is -0.272. The zero-order valence-corrected chi connectivity index (χ0v) is 16.3. The molecule has 2 aromatic carbocycles. The van der Waals surface area contributed by atoms with E-state index in [4.69, 9.17) is 4.74 Å². The van der Waals surface area contributed by atoms with Gasteiger partial charge in [-0.25, -0.2) is 9.59 Å². The lowest BCUT2D eigenvalue weighted by molar-refractivity contribution is 0.0602. The van der Waals surface area contributed by atoms with Crippen LogP contribution in [0.15, 0.2) is 41.2 Å². The average Bonchev–Trinajstić information content (AvgIpc) is 3.02. The summed E-state index contributed by atoms with van der Waals surface area (Å²) in [5.41, 5.74) is 3.20. The van der Waals surface area contributed by atoms with Crippen molar-refractivity contribution in [1.29, 1.82) is 0 Å². The first-order chi connectivity index (χ1) is 13.3. The number of fused-ring (bicyclic) bond motifs is 1. The zero-order chi connectivity index (χ0) is 20.4. The van der Waals surface area contributed by atoms with E-state index < -0.39 is 17.6 Å². The number of rotatable bonds is 4. The fourth-order valence-corrected chi connectivity index (χ4v) is 3.31. The van der Waals surface area contributed by atoms with Crippen LogP contribution in [-0.2, 0) is 11.3 Å². The second kappa shape index (κ2) is 7.72. The second-order valence-electron chi connectivity index (χ2n) is 6.93. The molecule has 1 heterocycles. The summed E-state index contributed by atoms with van der Waals surface area (Å²) in [7, 11) is 1.26. The Balaban J connectivity index is 1.93. The van der Waals surface area contributed by atoms with Crippen LogP contribution < -0.4 is 10.9 Å². The monoisotopic (exact) mass is 381 g/mol. The Kier molecular flexibility index (Phi) is 5.35. The molecular weight excluding hydrogens is 358 g/mol. The summed E-state index contributed by atoms with van der Waals surface area (Å²) in [6.45, 7) is 6.48. The minimum absolute atomic E-state index is 0.199. The first kappa shape index (κ1) is 19.4. The van der Waals surface area contributed by atoms with Crippen molar-refractivity contribution in [2.45, 2.75) is 33.2 Å². The molecule has 2 N–H and O–H groups in total. The fraction of sp³-hybridized carbons (Fsp3) is 0.286. The van der Waals surface area contributed by atoms with Gasteiger partial charge in [0.1, 0.15) is 0 Å². The lowest BCUT2D eigenvalue weighted by atomic mass is 9.94. The first-order valence-electron chi connectivity index (χ1n) is 9.03. The highest BCUT2D eigenvalue weighted by Gasteiger charge is 2.19. The Hall–Kier alpha value is -3.35. The smallest absolute Gasteiger partial charge is 0.343 e. The van der Waals surface area contributed by atoms with Gasteiger partial charge in [0.05, 0.1) is 23.6 Å². The first-order valence-corrected chi connectivity index (χ1v) is 9.03. The molecule has 0 unspecified atom stereocenters. The Labute approximate surface area is 162 Å². The number of hydrogen-bond acceptors (Lipinski definition) is 4. The number of H-pyrrole nitrogens is 1. The molecule has 28 heavy (non-hydrogen) atoms. The van der Waals surface area contributed by atoms with Crippen LogP contribution in [0.3, 0.4) is 0 Å². The normalized spacial score (nSPS) is 11.0. The molecule has 7 nitrogen and oxygen atoms in total. The van der Waals surface area contributed by atoms with E-state index >= 15 is 0 Å². The number of amides is 1. The van der Waals surface area contributed by atoms with Crippen LogP contribution in [0.25, 0.3) is 10.9 Å². The van der Waals surface area contributed by atoms with Crippen LogP contribution in [0.5, 0.6) is 0 Å². The van der Waals surface area contributed by atoms with Gasteiger partial charge in [-0.2, -0.15) is 4.68 Å². The molecule has 0 atom stereocenters. The topological polar surface area (TPSA) is 93.2 Å². The number of para-hydroxylation sites is 1. The largest absolute Gasteiger partial charge is 0.465 e. The maximum absolute atomic E-state index is 12.7. The minimum atomic E-state index is -0.588. The minimum Gasteiger partial charge on any atom is -0.465 e. The van der Waals surface area contributed by atoms with E-state index in [-0.39, 0.29) is 16.5 Å². The molecule has 3 aromatic rings. The van der Waals surface area contributed by atoms with Gasteiger partial charge in [-0.1, -0.05) is 38.1 Å². The van der Waals surface area contributed by atoms with Crippen LogP contribution in [0.4, 0.5) is 4.79 Å². The molecule has 146 valence electrons. The average molecular weight is 381 g/mol. The predicted molar refractivity (Wildman–Crippen MR) is 107 cm³/mol. The number of carbonyl (C=O) groups excluding carboxylic acids is 2. The molecule has 0 fully saturated rings. The van der Waals surface area contributed by atoms with E-state index in [0.717, 1.165) is 21.4 Å². The molecule has 3 rings (SSSR count). The van der Waals surface area contributed by atoms with Gasteiger partial charge < -0.3 is 10.1 Å². The van der Waals surface area contributed by atoms with E-state index in [2.05, 4.69) is 24.3 Å². The molecular formula is C21H23N3O4. The van der Waals surface area contributed by atoms with Crippen LogP contribution in [0.2, 0.25) is 0 Å². The molecule has 1 aromatic heterocycles. The van der Waals surface area contributed by atoms with E-state index in [0.29, 0.717) is 12.5 Å². The number of aromatic nitrogens is 2. The number of esters is 1. The molecule has 0 aliphatic heterocycles. The number of nitrogens with one attached hydrogen (secondary N) is 2. The Morgan fingerprint density at radius 2 is 1.89 bits per heavy atom. The van der Waals surface area contributed by atoms with Gasteiger partial charge in [-0.05, 0) is 41.7 Å². The van der Waals surface area contributed by atoms with Crippen molar-refractivity contribution >= 4 is 22.9 Å². The summed E-state index contributed by atoms with van der Waals surface area (Å²) in [4.78, 5) is 37.2. The number of benzene rings is 2. The van der Waals surface area contributed by atoms with E-state index in [9.17, 15) is 14.4 Å². The Bertz CT molecular complexity index is 1110. The number of hydrogen-bond donors (Lipinski definition) is 2. The Morgan fingerprint density at radius 3 is 2.57 bits per heavy atom. The third-order valence-corrected chi connectivity index (χ3v) is 4.81. The predicted octanol–water partition coefficient (Wildman–Crippen LogP) is 3.31. The van der Waals surface area contributed by atoms with Crippen LogP contribution >= 0.6 is 0 Å². The van der Waals surface area contributed by atoms with E-state index in [1.165, 1.54) is 13.2 Å². The highest BCUT2D eigenvalue weighted by molar-refractivity contribution is 6.03. The molecule has 1 amide bonds. The van der Waals surface area contributed by atoms with Crippen molar-refractivity contribution in [2.24, 2.45) is 0 Å². The molecule has 0 aliphatic carbocycles. The SMILES string of the molecule is COC(=O)c1cccc2c(=O)n(C(=O)NCc3c(C)cccc3C(C)C)[nH]c12. The number of methoxy groups -OCH3 is 1. The van der Waals surface area contributed by atoms with Crippen molar-refractivity contribution in [3.63, 3.8) is 0 Å². The van der Waals surface area contributed by atoms with Crippen molar-refractivity contribution < 1.29 is 14.3 Å². The van der Waals surface area contributed by atoms with Crippen LogP contribution in [-0.4, -0.2) is 28.9 Å². The molecule has 0 saturated heterocycles. The van der Waals surface area contributed by atoms with Gasteiger partial charge in [0.2, 0.25) is 0 Å². The van der Waals surface area contributed by atoms with Crippen molar-refractivity contribution in [2.75, 3.05) is 7.11 Å². The highest BCUT2D eigenvalue weighted by atomic mass is 16.5. The van der Waals surface area contributed by atoms with E-state index in [1.807, 2.05) is 25.1 Å². The van der Waals surface area contributed by atoms with Gasteiger partial charge >= 0.3 is 12.0 Å². The maximum atomic E-state index is 12.7. The van der Waals surface area contributed by atoms with Crippen molar-refractivity contribution in [1.82, 2.24) is 15.1 Å². The van der Waals surface area contributed by atoms with Crippen molar-refractivity contribution in [3.8, 4) is 0 Å². The third kappa shape index (κ3) is 3.43. The van der Waals surface area contributed by atoms with Crippen LogP contribution in [0, 0.1) is 6.92 Å². The van der Waals surface area contributed by atoms with Gasteiger partial charge in [0, 0.05) is 6.54 Å². The quantitative estimate of drug-likeness (QED) is 0.678. The van der Waals surface area contributed by atoms with Gasteiger partial charge in [0.15, 0.2) is 0 Å². The molecule has 0 radical (unpaired) electrons. The van der Waals surface area contributed by atoms with Gasteiger partial charge in [-0.3, -0.25) is 9.89 Å². The van der Waals surface area contributed by atoms with Crippen LogP contribution in [0.1, 0.15) is 46.8 Å². The summed E-state index contributed by atoms with van der Waals surface area (Å²) >= 11 is 0. The summed E-state index contributed by atoms with van der Waals surface area (Å²) in [6, 6.07) is 10.1. The summed E-state index contributed by atoms with van der Waals surface area (Å²) < 4.78 is 5.62. The summed E-state index contributed by atoms with van der Waals surface area (Å²) in [5, 5.41) is 5.77. The molecule has 0 aliphatic rings. The molecule has 7 heteroatoms. The molecule has 0 bridgehead atoms. The molecule has 0 spiro atoms. The third-order valence-electron chi connectivity index (χ3n) is 4.81. The standard InChI is InChI=1S/C21H23N3O4/c1-12(2)14-8-5-7-13(3)17(14)11-22-21(27)24-19(25)15-9-6-10-16(18(15)23-24)20(26)28-4/h5-10,12,23H,11H2,1-4H3,(H,22,27). The maximum Gasteiger partial charge on any atom is 0.343 e. The summed E-state index contributed by atoms with van der Waals surface area (Å²) in [6.07, 6.45) is 0. The number of nitrogens with zero attached hydrogens (tertiary/aromatic N) is 1. The lowest BCUT2D eigenvalue weighted by Crippen LogP contribution is -2.35. The zero-order valence-electron chi connectivity index (χ0n) is 16.3. The number of aromatic amines is 1. The number of ether oxygens (including phenoxy) is 1. The second-order valence-corrected chi connectivity index (χ2v) is 6.93. The number of aryl methyl sites for hydroxylation is 1. The lowest BCUT2D eigenvalue weighted by Gasteiger charge is -2.16.